The molecule has 2 N–H and O–H groups in total. The largest absolute Gasteiger partial charge is 0.461 e. The van der Waals surface area contributed by atoms with Gasteiger partial charge in [0.05, 0.1) is 11.5 Å². The zero-order valence-corrected chi connectivity index (χ0v) is 22.9. The van der Waals surface area contributed by atoms with Crippen LogP contribution in [-0.4, -0.2) is 40.1 Å². The minimum atomic E-state index is -3.81. The highest BCUT2D eigenvalue weighted by Gasteiger charge is 2.22. The first-order chi connectivity index (χ1) is 17.4. The van der Waals surface area contributed by atoms with Gasteiger partial charge in [-0.05, 0) is 65.9 Å². The average Bonchev–Trinajstić information content (AvgIpc) is 3.22. The Morgan fingerprint density at radius 2 is 1.62 bits per heavy atom. The van der Waals surface area contributed by atoms with E-state index in [0.717, 1.165) is 16.8 Å². The fourth-order valence-electron chi connectivity index (χ4n) is 4.19. The zero-order chi connectivity index (χ0) is 27.0. The molecule has 0 unspecified atom stereocenters. The van der Waals surface area contributed by atoms with Gasteiger partial charge in [-0.15, -0.1) is 0 Å². The van der Waals surface area contributed by atoms with Gasteiger partial charge < -0.3 is 14.6 Å². The Labute approximate surface area is 218 Å². The number of aromatic nitrogens is 1. The summed E-state index contributed by atoms with van der Waals surface area (Å²) in [5.74, 6) is -0.466. The first-order valence-corrected chi connectivity index (χ1v) is 13.6. The van der Waals surface area contributed by atoms with Crippen molar-refractivity contribution in [2.75, 3.05) is 30.3 Å². The standard InChI is InChI=1S/C29H33N3O4S/c1-7-36-28(33)27-26(19-8-13-22(14-9-19)32(5)6)24-18-21(12-17-25(24)30-27)31-37(34,35)23-15-10-20(11-16-23)29(2,3)4/h8-18,30-31H,7H2,1-6H3. The van der Waals surface area contributed by atoms with Crippen molar-refractivity contribution in [3.05, 3.63) is 78.0 Å². The van der Waals surface area contributed by atoms with Crippen LogP contribution in [0, 0.1) is 0 Å². The molecule has 1 aromatic heterocycles. The van der Waals surface area contributed by atoms with Gasteiger partial charge in [0.2, 0.25) is 0 Å². The van der Waals surface area contributed by atoms with E-state index in [1.807, 2.05) is 55.4 Å². The first-order valence-electron chi connectivity index (χ1n) is 12.1. The molecule has 194 valence electrons. The van der Waals surface area contributed by atoms with Crippen LogP contribution in [0.1, 0.15) is 43.7 Å². The molecule has 0 spiro atoms. The third kappa shape index (κ3) is 5.49. The molecule has 0 saturated heterocycles. The fourth-order valence-corrected chi connectivity index (χ4v) is 5.24. The van der Waals surface area contributed by atoms with E-state index in [1.165, 1.54) is 0 Å². The van der Waals surface area contributed by atoms with Gasteiger partial charge in [-0.3, -0.25) is 4.72 Å². The molecule has 1 heterocycles. The molecule has 0 saturated carbocycles. The van der Waals surface area contributed by atoms with E-state index in [2.05, 4.69) is 30.5 Å². The second-order valence-electron chi connectivity index (χ2n) is 10.2. The van der Waals surface area contributed by atoms with Crippen molar-refractivity contribution >= 4 is 38.3 Å². The summed E-state index contributed by atoms with van der Waals surface area (Å²) in [4.78, 5) is 18.1. The number of ether oxygens (including phenoxy) is 1. The molecule has 0 radical (unpaired) electrons. The number of H-pyrrole nitrogens is 1. The van der Waals surface area contributed by atoms with Gasteiger partial charge in [-0.2, -0.15) is 0 Å². The van der Waals surface area contributed by atoms with Crippen LogP contribution in [0.5, 0.6) is 0 Å². The van der Waals surface area contributed by atoms with Crippen LogP contribution < -0.4 is 9.62 Å². The quantitative estimate of drug-likeness (QED) is 0.285. The van der Waals surface area contributed by atoms with Crippen LogP contribution in [-0.2, 0) is 20.2 Å². The zero-order valence-electron chi connectivity index (χ0n) is 22.0. The molecule has 0 bridgehead atoms. The summed E-state index contributed by atoms with van der Waals surface area (Å²) < 4.78 is 34.3. The molecule has 0 fully saturated rings. The topological polar surface area (TPSA) is 91.5 Å². The Morgan fingerprint density at radius 1 is 0.973 bits per heavy atom. The van der Waals surface area contributed by atoms with Gasteiger partial charge >= 0.3 is 5.97 Å². The lowest BCUT2D eigenvalue weighted by atomic mass is 9.87. The molecule has 0 amide bonds. The molecule has 0 aliphatic rings. The second kappa shape index (κ2) is 9.94. The number of nitrogens with zero attached hydrogens (tertiary/aromatic N) is 1. The minimum Gasteiger partial charge on any atom is -0.461 e. The van der Waals surface area contributed by atoms with Crippen molar-refractivity contribution in [1.29, 1.82) is 0 Å². The smallest absolute Gasteiger partial charge is 0.355 e. The summed E-state index contributed by atoms with van der Waals surface area (Å²) in [7, 11) is 0.104. The predicted octanol–water partition coefficient (Wildman–Crippen LogP) is 6.18. The maximum absolute atomic E-state index is 13.2. The maximum Gasteiger partial charge on any atom is 0.355 e. The minimum absolute atomic E-state index is 0.0766. The van der Waals surface area contributed by atoms with E-state index in [1.54, 1.807) is 37.3 Å². The molecule has 37 heavy (non-hydrogen) atoms. The number of esters is 1. The number of sulfonamides is 1. The summed E-state index contributed by atoms with van der Waals surface area (Å²) in [5.41, 5.74) is 4.90. The highest BCUT2D eigenvalue weighted by Crippen LogP contribution is 2.36. The molecular formula is C29H33N3O4S. The molecule has 4 aromatic rings. The van der Waals surface area contributed by atoms with Crippen LogP contribution in [0.15, 0.2) is 71.6 Å². The van der Waals surface area contributed by atoms with Gasteiger partial charge in [0, 0.05) is 41.9 Å². The Hall–Kier alpha value is -3.78. The van der Waals surface area contributed by atoms with E-state index in [-0.39, 0.29) is 16.9 Å². The highest BCUT2D eigenvalue weighted by molar-refractivity contribution is 7.92. The number of anilines is 2. The normalized spacial score (nSPS) is 11.9. The molecule has 8 heteroatoms. The molecule has 7 nitrogen and oxygen atoms in total. The lowest BCUT2D eigenvalue weighted by Gasteiger charge is -2.19. The second-order valence-corrected chi connectivity index (χ2v) is 11.9. The van der Waals surface area contributed by atoms with Crippen molar-refractivity contribution in [2.24, 2.45) is 0 Å². The summed E-state index contributed by atoms with van der Waals surface area (Å²) in [6.45, 7) is 8.24. The summed E-state index contributed by atoms with van der Waals surface area (Å²) in [5, 5.41) is 0.712. The summed E-state index contributed by atoms with van der Waals surface area (Å²) in [6.07, 6.45) is 0. The van der Waals surface area contributed by atoms with Crippen LogP contribution >= 0.6 is 0 Å². The van der Waals surface area contributed by atoms with E-state index in [9.17, 15) is 13.2 Å². The van der Waals surface area contributed by atoms with Crippen molar-refractivity contribution in [2.45, 2.75) is 38.0 Å². The Bertz CT molecular complexity index is 1530. The van der Waals surface area contributed by atoms with Crippen LogP contribution in [0.25, 0.3) is 22.0 Å². The number of benzene rings is 3. The van der Waals surface area contributed by atoms with Crippen LogP contribution in [0.3, 0.4) is 0 Å². The highest BCUT2D eigenvalue weighted by atomic mass is 32.2. The molecule has 4 rings (SSSR count). The number of carbonyl (C=O) groups excluding carboxylic acids is 1. The lowest BCUT2D eigenvalue weighted by molar-refractivity contribution is 0.0521. The predicted molar refractivity (Wildman–Crippen MR) is 150 cm³/mol. The van der Waals surface area contributed by atoms with Crippen LogP contribution in [0.2, 0.25) is 0 Å². The van der Waals surface area contributed by atoms with Crippen molar-refractivity contribution in [3.63, 3.8) is 0 Å². The van der Waals surface area contributed by atoms with Crippen molar-refractivity contribution in [1.82, 2.24) is 4.98 Å². The number of aromatic amines is 1. The molecule has 3 aromatic carbocycles. The number of nitrogens with one attached hydrogen (secondary N) is 2. The molecular weight excluding hydrogens is 486 g/mol. The van der Waals surface area contributed by atoms with Gasteiger partial charge in [0.25, 0.3) is 10.0 Å². The Kier molecular flexibility index (Phi) is 7.06. The summed E-state index contributed by atoms with van der Waals surface area (Å²) in [6, 6.07) is 19.9. The average molecular weight is 520 g/mol. The molecule has 0 atom stereocenters. The Balaban J connectivity index is 1.76. The number of hydrogen-bond donors (Lipinski definition) is 2. The van der Waals surface area contributed by atoms with Gasteiger partial charge in [-0.25, -0.2) is 13.2 Å². The van der Waals surface area contributed by atoms with Gasteiger partial charge in [0.1, 0.15) is 5.69 Å². The van der Waals surface area contributed by atoms with Crippen LogP contribution in [0.4, 0.5) is 11.4 Å². The summed E-state index contributed by atoms with van der Waals surface area (Å²) >= 11 is 0. The number of hydrogen-bond acceptors (Lipinski definition) is 5. The Morgan fingerprint density at radius 3 is 2.19 bits per heavy atom. The van der Waals surface area contributed by atoms with Crippen molar-refractivity contribution < 1.29 is 17.9 Å². The van der Waals surface area contributed by atoms with E-state index >= 15 is 0 Å². The number of fused-ring (bicyclic) bond motifs is 1. The SMILES string of the molecule is CCOC(=O)c1[nH]c2ccc(NS(=O)(=O)c3ccc(C(C)(C)C)cc3)cc2c1-c1ccc(N(C)C)cc1. The third-order valence-corrected chi connectivity index (χ3v) is 7.63. The first kappa shape index (κ1) is 26.3. The van der Waals surface area contributed by atoms with Gasteiger partial charge in [0.15, 0.2) is 0 Å². The number of rotatable bonds is 7. The van der Waals surface area contributed by atoms with Gasteiger partial charge in [-0.1, -0.05) is 45.0 Å². The maximum atomic E-state index is 13.2. The van der Waals surface area contributed by atoms with E-state index in [0.29, 0.717) is 27.8 Å². The fraction of sp³-hybridized carbons (Fsp3) is 0.276. The molecule has 0 aliphatic heterocycles. The molecule has 0 aliphatic carbocycles. The van der Waals surface area contributed by atoms with Crippen molar-refractivity contribution in [3.8, 4) is 11.1 Å². The lowest BCUT2D eigenvalue weighted by Crippen LogP contribution is -2.14. The van der Waals surface area contributed by atoms with E-state index in [4.69, 9.17) is 4.74 Å². The van der Waals surface area contributed by atoms with E-state index < -0.39 is 16.0 Å². The number of carbonyl (C=O) groups is 1. The monoisotopic (exact) mass is 519 g/mol. The third-order valence-electron chi connectivity index (χ3n) is 6.23.